The molecule has 8 rings (SSSR count). The topological polar surface area (TPSA) is 0 Å². The van der Waals surface area contributed by atoms with Crippen LogP contribution in [0.3, 0.4) is 0 Å². The molecule has 0 saturated heterocycles. The van der Waals surface area contributed by atoms with Crippen LogP contribution in [0, 0.1) is 40.5 Å². The van der Waals surface area contributed by atoms with E-state index in [9.17, 15) is 0 Å². The van der Waals surface area contributed by atoms with Crippen LogP contribution in [0.25, 0.3) is 43.8 Å². The van der Waals surface area contributed by atoms with E-state index in [2.05, 4.69) is 157 Å². The molecule has 2 aliphatic rings. The van der Waals surface area contributed by atoms with E-state index in [1.54, 1.807) is 11.1 Å². The Bertz CT molecular complexity index is 2030. The van der Waals surface area contributed by atoms with E-state index in [0.29, 0.717) is 0 Å². The summed E-state index contributed by atoms with van der Waals surface area (Å²) in [6.45, 7) is 22.1. The second-order valence-corrected chi connectivity index (χ2v) is 29.5. The van der Waals surface area contributed by atoms with Gasteiger partial charge in [-0.3, -0.25) is 0 Å². The van der Waals surface area contributed by atoms with E-state index in [-0.39, 0.29) is 39.7 Å². The van der Waals surface area contributed by atoms with Crippen molar-refractivity contribution in [2.24, 2.45) is 11.8 Å². The summed E-state index contributed by atoms with van der Waals surface area (Å²) in [5.74, 6) is 1.80. The fourth-order valence-corrected chi connectivity index (χ4v) is 11.8. The molecule has 6 aromatic rings. The van der Waals surface area contributed by atoms with Gasteiger partial charge >= 0.3 is 30.2 Å². The molecule has 0 atom stereocenters. The molecular weight excluding hydrogens is 895 g/mol. The van der Waals surface area contributed by atoms with Crippen LogP contribution in [-0.2, 0) is 36.2 Å². The van der Waals surface area contributed by atoms with Gasteiger partial charge in [0.05, 0.1) is 16.1 Å². The molecular formula is C54H74Cl2Si3Zr-4. The molecule has 2 radical (unpaired) electrons. The number of hydrogen-bond donors (Lipinski definition) is 0. The fourth-order valence-electron chi connectivity index (χ4n) is 9.50. The molecule has 0 N–H and O–H groups in total. The van der Waals surface area contributed by atoms with Crippen LogP contribution in [-0.4, -0.2) is 23.0 Å². The zero-order valence-electron chi connectivity index (χ0n) is 38.7. The Morgan fingerprint density at radius 2 is 0.817 bits per heavy atom. The van der Waals surface area contributed by atoms with Crippen molar-refractivity contribution in [1.29, 1.82) is 0 Å². The summed E-state index contributed by atoms with van der Waals surface area (Å²) in [5, 5.41) is 8.87. The van der Waals surface area contributed by atoms with Crippen LogP contribution in [0.2, 0.25) is 39.3 Å². The van der Waals surface area contributed by atoms with Crippen molar-refractivity contribution in [3.05, 3.63) is 134 Å². The second-order valence-electron chi connectivity index (χ2n) is 19.3. The summed E-state index contributed by atoms with van der Waals surface area (Å²) in [4.78, 5) is 0. The third kappa shape index (κ3) is 13.6. The summed E-state index contributed by atoms with van der Waals surface area (Å²) in [5.41, 5.74) is 11.4. The van der Waals surface area contributed by atoms with Crippen molar-refractivity contribution in [1.82, 2.24) is 0 Å². The van der Waals surface area contributed by atoms with Gasteiger partial charge in [0.15, 0.2) is 0 Å². The monoisotopic (exact) mass is 966 g/mol. The van der Waals surface area contributed by atoms with Crippen molar-refractivity contribution in [3.63, 3.8) is 0 Å². The van der Waals surface area contributed by atoms with Gasteiger partial charge in [-0.1, -0.05) is 200 Å². The third-order valence-electron chi connectivity index (χ3n) is 13.0. The van der Waals surface area contributed by atoms with E-state index in [1.807, 2.05) is 0 Å². The molecule has 2 aliphatic carbocycles. The maximum absolute atomic E-state index is 3.06. The summed E-state index contributed by atoms with van der Waals surface area (Å²) in [6, 6.07) is 38.0. The molecule has 2 fully saturated rings. The van der Waals surface area contributed by atoms with Gasteiger partial charge in [0.2, 0.25) is 0 Å². The Hall–Kier alpha value is -1.79. The summed E-state index contributed by atoms with van der Waals surface area (Å²) < 4.78 is 0. The first-order valence-electron chi connectivity index (χ1n) is 21.7. The van der Waals surface area contributed by atoms with Gasteiger partial charge in [-0.25, -0.2) is 0 Å². The summed E-state index contributed by atoms with van der Waals surface area (Å²) in [6.07, 6.45) is 16.8. The van der Waals surface area contributed by atoms with Crippen molar-refractivity contribution in [3.8, 4) is 22.3 Å². The van der Waals surface area contributed by atoms with Crippen LogP contribution in [0.1, 0.15) is 86.5 Å². The number of halogens is 2. The number of fused-ring (bicyclic) bond motifs is 2. The van der Waals surface area contributed by atoms with Crippen LogP contribution >= 0.6 is 24.8 Å². The Morgan fingerprint density at radius 3 is 1.12 bits per heavy atom. The van der Waals surface area contributed by atoms with Gasteiger partial charge in [0.25, 0.3) is 0 Å². The zero-order chi connectivity index (χ0) is 40.0. The molecule has 0 heterocycles. The Balaban J connectivity index is 0.000000373. The van der Waals surface area contributed by atoms with Gasteiger partial charge in [0.1, 0.15) is 0 Å². The van der Waals surface area contributed by atoms with Gasteiger partial charge in [0, 0.05) is 0 Å². The molecule has 0 amide bonds. The minimum absolute atomic E-state index is 0. The number of rotatable bonds is 8. The van der Waals surface area contributed by atoms with Crippen LogP contribution in [0.5, 0.6) is 0 Å². The third-order valence-corrected chi connectivity index (χ3v) is 17.1. The number of aryl methyl sites for hydroxylation is 2. The van der Waals surface area contributed by atoms with Crippen molar-refractivity contribution in [2.45, 2.75) is 130 Å². The van der Waals surface area contributed by atoms with Crippen molar-refractivity contribution in [2.75, 3.05) is 0 Å². The normalized spacial score (nSPS) is 14.6. The SMILES string of the molecule is Cc1ccc(-c2ccc([Si](C)(C)C)cc2)c2cc(CC3CCCCC3)[cH-]c12.Cc1ccc(-c2ccc([Si](C)(C)C)cc2)c2cc(CC3CCCCC3)[cH-]c12.Cl.Cl.[CH3-].[CH3-].[Si]=[Zr]. The average molecular weight is 970 g/mol. The molecule has 6 aromatic carbocycles. The van der Waals surface area contributed by atoms with E-state index in [1.165, 1.54) is 166 Å². The molecule has 2 saturated carbocycles. The van der Waals surface area contributed by atoms with Gasteiger partial charge < -0.3 is 14.9 Å². The molecule has 6 heteroatoms. The Labute approximate surface area is 398 Å². The van der Waals surface area contributed by atoms with E-state index in [0.717, 1.165) is 11.8 Å². The number of hydrogen-bond acceptors (Lipinski definition) is 0. The van der Waals surface area contributed by atoms with Gasteiger partial charge in [-0.2, -0.15) is 12.1 Å². The van der Waals surface area contributed by atoms with Gasteiger partial charge in [-0.05, 0) is 35.8 Å². The van der Waals surface area contributed by atoms with Crippen LogP contribution in [0.15, 0.2) is 97.1 Å². The first-order chi connectivity index (χ1) is 26.8. The minimum atomic E-state index is -1.24. The fraction of sp³-hybridized carbons (Fsp3) is 0.407. The predicted octanol–water partition coefficient (Wildman–Crippen LogP) is 15.8. The molecule has 60 heavy (non-hydrogen) atoms. The summed E-state index contributed by atoms with van der Waals surface area (Å²) in [7, 11) is -2.48. The van der Waals surface area contributed by atoms with Crippen molar-refractivity contribution >= 4 is 79.8 Å². The summed E-state index contributed by atoms with van der Waals surface area (Å²) >= 11 is 1.36. The molecule has 0 unspecified atom stereocenters. The van der Waals surface area contributed by atoms with E-state index < -0.39 is 16.1 Å². The van der Waals surface area contributed by atoms with E-state index >= 15 is 0 Å². The molecule has 0 aliphatic heterocycles. The molecule has 0 nitrogen and oxygen atoms in total. The molecule has 0 aromatic heterocycles. The van der Waals surface area contributed by atoms with E-state index in [4.69, 9.17) is 0 Å². The maximum atomic E-state index is 3.06. The predicted molar refractivity (Wildman–Crippen MR) is 279 cm³/mol. The average Bonchev–Trinajstić information content (AvgIpc) is 3.82. The molecule has 0 bridgehead atoms. The van der Waals surface area contributed by atoms with Crippen LogP contribution in [0.4, 0.5) is 0 Å². The first kappa shape index (κ1) is 54.3. The van der Waals surface area contributed by atoms with Gasteiger partial charge in [-0.15, -0.1) is 92.9 Å². The quantitative estimate of drug-likeness (QED) is 0.105. The van der Waals surface area contributed by atoms with Crippen molar-refractivity contribution < 1.29 is 23.3 Å². The Kier molecular flexibility index (Phi) is 22.0. The first-order valence-corrected chi connectivity index (χ1v) is 32.9. The Morgan fingerprint density at radius 1 is 0.500 bits per heavy atom. The molecule has 324 valence electrons. The number of benzene rings is 4. The zero-order valence-corrected chi connectivity index (χ0v) is 45.8. The van der Waals surface area contributed by atoms with Crippen LogP contribution < -0.4 is 10.4 Å². The molecule has 0 spiro atoms. The second kappa shape index (κ2) is 24.3. The standard InChI is InChI=1S/2C26H33Si.2CH3.2ClH.Si.Zr/c2*1-19-10-15-24(22-11-13-23(14-12-22)27(2,3)4)26-18-21(17-25(19)26)16-20-8-6-5-7-9-20;;;;;;/h2*10-15,17-18,20H,5-9,16H2,1-4H3;2*1H3;2*1H;;/q4*-1;;;;.